The van der Waals surface area contributed by atoms with Crippen LogP contribution in [0.25, 0.3) is 0 Å². The average Bonchev–Trinajstić information content (AvgIpc) is 2.75. The van der Waals surface area contributed by atoms with E-state index < -0.39 is 9.84 Å². The van der Waals surface area contributed by atoms with Crippen molar-refractivity contribution in [3.05, 3.63) is 17.0 Å². The summed E-state index contributed by atoms with van der Waals surface area (Å²) in [6.07, 6.45) is 4.00. The largest absolute Gasteiger partial charge is 0.313 e. The highest BCUT2D eigenvalue weighted by atomic mass is 32.2. The van der Waals surface area contributed by atoms with Gasteiger partial charge in [-0.2, -0.15) is 5.10 Å². The first-order valence-electron chi connectivity index (χ1n) is 7.31. The first kappa shape index (κ1) is 17.2. The zero-order chi connectivity index (χ0) is 15.3. The van der Waals surface area contributed by atoms with Crippen LogP contribution in [-0.2, 0) is 29.2 Å². The summed E-state index contributed by atoms with van der Waals surface area (Å²) in [5.74, 6) is 0.140. The molecule has 0 aliphatic rings. The van der Waals surface area contributed by atoms with Gasteiger partial charge in [-0.15, -0.1) is 0 Å². The number of hydrogen-bond donors (Lipinski definition) is 1. The summed E-state index contributed by atoms with van der Waals surface area (Å²) in [6.45, 7) is 6.77. The molecular formula is C14H27N3O2S. The van der Waals surface area contributed by atoms with E-state index in [1.54, 1.807) is 0 Å². The topological polar surface area (TPSA) is 64.0 Å². The fourth-order valence-electron chi connectivity index (χ4n) is 2.59. The molecule has 0 saturated carbocycles. The normalized spacial score (nSPS) is 13.7. The molecule has 0 saturated heterocycles. The predicted molar refractivity (Wildman–Crippen MR) is 82.8 cm³/mol. The van der Waals surface area contributed by atoms with Gasteiger partial charge in [-0.25, -0.2) is 8.42 Å². The maximum atomic E-state index is 11.4. The van der Waals surface area contributed by atoms with Gasteiger partial charge in [0, 0.05) is 23.6 Å². The van der Waals surface area contributed by atoms with E-state index in [1.807, 2.05) is 11.7 Å². The third-order valence-corrected chi connectivity index (χ3v) is 4.55. The Labute approximate surface area is 122 Å². The Bertz CT molecular complexity index is 531. The van der Waals surface area contributed by atoms with Crippen LogP contribution in [0, 0.1) is 0 Å². The zero-order valence-electron chi connectivity index (χ0n) is 13.2. The number of aromatic nitrogens is 2. The lowest BCUT2D eigenvalue weighted by atomic mass is 9.99. The predicted octanol–water partition coefficient (Wildman–Crippen LogP) is 1.72. The van der Waals surface area contributed by atoms with Gasteiger partial charge < -0.3 is 5.32 Å². The molecule has 0 aliphatic carbocycles. The van der Waals surface area contributed by atoms with Crippen LogP contribution in [0.5, 0.6) is 0 Å². The number of sulfone groups is 1. The van der Waals surface area contributed by atoms with Gasteiger partial charge in [-0.3, -0.25) is 4.68 Å². The highest BCUT2D eigenvalue weighted by molar-refractivity contribution is 7.90. The van der Waals surface area contributed by atoms with Crippen molar-refractivity contribution in [3.8, 4) is 0 Å². The number of nitrogens with one attached hydrogen (secondary N) is 1. The molecule has 0 bridgehead atoms. The molecule has 6 heteroatoms. The number of hydrogen-bond acceptors (Lipinski definition) is 4. The van der Waals surface area contributed by atoms with Gasteiger partial charge in [-0.05, 0) is 26.3 Å². The Balaban J connectivity index is 3.20. The van der Waals surface area contributed by atoms with Crippen molar-refractivity contribution in [1.29, 1.82) is 0 Å². The quantitative estimate of drug-likeness (QED) is 0.794. The van der Waals surface area contributed by atoms with Gasteiger partial charge in [0.2, 0.25) is 0 Å². The molecule has 0 amide bonds. The summed E-state index contributed by atoms with van der Waals surface area (Å²) in [6, 6.07) is 0.284. The molecule has 1 rings (SSSR count). The molecule has 0 radical (unpaired) electrons. The van der Waals surface area contributed by atoms with Crippen molar-refractivity contribution in [2.75, 3.05) is 19.1 Å². The molecule has 0 aromatic carbocycles. The minimum atomic E-state index is -2.97. The van der Waals surface area contributed by atoms with E-state index in [0.29, 0.717) is 6.54 Å². The van der Waals surface area contributed by atoms with Crippen LogP contribution in [0.3, 0.4) is 0 Å². The molecule has 5 nitrogen and oxygen atoms in total. The van der Waals surface area contributed by atoms with Crippen LogP contribution >= 0.6 is 0 Å². The Hall–Kier alpha value is -0.880. The molecule has 1 unspecified atom stereocenters. The highest BCUT2D eigenvalue weighted by Crippen LogP contribution is 2.26. The van der Waals surface area contributed by atoms with E-state index in [4.69, 9.17) is 0 Å². The van der Waals surface area contributed by atoms with Crippen LogP contribution in [0.15, 0.2) is 0 Å². The Morgan fingerprint density at radius 1 is 1.25 bits per heavy atom. The Morgan fingerprint density at radius 3 is 2.30 bits per heavy atom. The third kappa shape index (κ3) is 4.06. The minimum Gasteiger partial charge on any atom is -0.313 e. The SMILES string of the molecule is CCc1nn(CCS(C)(=O)=O)c(CC)c1C(CC)NC. The maximum absolute atomic E-state index is 11.4. The van der Waals surface area contributed by atoms with Gasteiger partial charge in [0.1, 0.15) is 9.84 Å². The Morgan fingerprint density at radius 2 is 1.90 bits per heavy atom. The zero-order valence-corrected chi connectivity index (χ0v) is 14.0. The summed E-state index contributed by atoms with van der Waals surface area (Å²) in [4.78, 5) is 0. The lowest BCUT2D eigenvalue weighted by Gasteiger charge is -2.16. The van der Waals surface area contributed by atoms with Crippen molar-refractivity contribution in [2.24, 2.45) is 0 Å². The monoisotopic (exact) mass is 301 g/mol. The lowest BCUT2D eigenvalue weighted by Crippen LogP contribution is -2.19. The fraction of sp³-hybridized carbons (Fsp3) is 0.786. The van der Waals surface area contributed by atoms with E-state index in [-0.39, 0.29) is 11.8 Å². The van der Waals surface area contributed by atoms with Crippen molar-refractivity contribution in [2.45, 2.75) is 52.6 Å². The van der Waals surface area contributed by atoms with Gasteiger partial charge in [0.05, 0.1) is 18.0 Å². The highest BCUT2D eigenvalue weighted by Gasteiger charge is 2.21. The molecule has 1 heterocycles. The first-order chi connectivity index (χ1) is 9.37. The number of nitrogens with zero attached hydrogens (tertiary/aromatic N) is 2. The second-order valence-corrected chi connectivity index (χ2v) is 7.38. The van der Waals surface area contributed by atoms with Crippen LogP contribution in [-0.4, -0.2) is 37.3 Å². The molecule has 1 atom stereocenters. The molecule has 116 valence electrons. The fourth-order valence-corrected chi connectivity index (χ4v) is 3.10. The molecule has 0 fully saturated rings. The van der Waals surface area contributed by atoms with Crippen LogP contribution in [0.1, 0.15) is 50.2 Å². The van der Waals surface area contributed by atoms with Crippen LogP contribution in [0.2, 0.25) is 0 Å². The van der Waals surface area contributed by atoms with Crippen LogP contribution in [0.4, 0.5) is 0 Å². The molecule has 1 aromatic rings. The first-order valence-corrected chi connectivity index (χ1v) is 9.37. The third-order valence-electron chi connectivity index (χ3n) is 3.62. The molecule has 1 N–H and O–H groups in total. The summed E-state index contributed by atoms with van der Waals surface area (Å²) < 4.78 is 24.6. The maximum Gasteiger partial charge on any atom is 0.149 e. The number of aryl methyl sites for hydroxylation is 2. The van der Waals surface area contributed by atoms with Gasteiger partial charge in [0.25, 0.3) is 0 Å². The average molecular weight is 301 g/mol. The van der Waals surface area contributed by atoms with E-state index in [1.165, 1.54) is 11.8 Å². The molecule has 0 aliphatic heterocycles. The summed E-state index contributed by atoms with van der Waals surface area (Å²) in [5.41, 5.74) is 3.50. The van der Waals surface area contributed by atoms with E-state index >= 15 is 0 Å². The van der Waals surface area contributed by atoms with E-state index in [9.17, 15) is 8.42 Å². The van der Waals surface area contributed by atoms with Crippen molar-refractivity contribution in [3.63, 3.8) is 0 Å². The van der Waals surface area contributed by atoms with Gasteiger partial charge in [0.15, 0.2) is 0 Å². The second kappa shape index (κ2) is 7.22. The number of rotatable bonds is 8. The van der Waals surface area contributed by atoms with Crippen molar-refractivity contribution >= 4 is 9.84 Å². The van der Waals surface area contributed by atoms with E-state index in [2.05, 4.69) is 31.2 Å². The van der Waals surface area contributed by atoms with Crippen molar-refractivity contribution < 1.29 is 8.42 Å². The molecule has 1 aromatic heterocycles. The second-order valence-electron chi connectivity index (χ2n) is 5.12. The van der Waals surface area contributed by atoms with Crippen LogP contribution < -0.4 is 5.32 Å². The summed E-state index contributed by atoms with van der Waals surface area (Å²) in [7, 11) is -1.01. The minimum absolute atomic E-state index is 0.140. The van der Waals surface area contributed by atoms with E-state index in [0.717, 1.165) is 30.7 Å². The molecular weight excluding hydrogens is 274 g/mol. The van der Waals surface area contributed by atoms with Gasteiger partial charge in [-0.1, -0.05) is 20.8 Å². The molecule has 0 spiro atoms. The van der Waals surface area contributed by atoms with Gasteiger partial charge >= 0.3 is 0 Å². The lowest BCUT2D eigenvalue weighted by molar-refractivity contribution is 0.558. The Kier molecular flexibility index (Phi) is 6.20. The standard InChI is InChI=1S/C14H27N3O2S/c1-6-11(15-4)14-12(7-2)16-17(13(14)8-3)9-10-20(5,18)19/h11,15H,6-10H2,1-5H3. The van der Waals surface area contributed by atoms with Crippen molar-refractivity contribution in [1.82, 2.24) is 15.1 Å². The smallest absolute Gasteiger partial charge is 0.149 e. The molecule has 20 heavy (non-hydrogen) atoms. The summed E-state index contributed by atoms with van der Waals surface area (Å²) >= 11 is 0. The summed E-state index contributed by atoms with van der Waals surface area (Å²) in [5, 5.41) is 7.96.